The summed E-state index contributed by atoms with van der Waals surface area (Å²) < 4.78 is 0.580. The second-order valence-corrected chi connectivity index (χ2v) is 5.38. The lowest BCUT2D eigenvalue weighted by Crippen LogP contribution is -2.23. The Balaban J connectivity index is 2.52. The monoisotopic (exact) mass is 218 g/mol. The molecule has 78 valence electrons. The predicted octanol–water partition coefficient (Wildman–Crippen LogP) is 3.13. The van der Waals surface area contributed by atoms with E-state index in [0.29, 0.717) is 15.6 Å². The quantitative estimate of drug-likeness (QED) is 0.679. The maximum absolute atomic E-state index is 8.91. The first-order chi connectivity index (χ1) is 7.02. The molecule has 1 aromatic rings. The van der Waals surface area contributed by atoms with Gasteiger partial charge in [-0.05, 0) is 36.3 Å². The topological polar surface area (TPSA) is 39.6 Å². The van der Waals surface area contributed by atoms with Gasteiger partial charge in [0.2, 0.25) is 0 Å². The van der Waals surface area contributed by atoms with E-state index in [1.54, 1.807) is 0 Å². The number of nitriles is 1. The van der Waals surface area contributed by atoms with Crippen LogP contribution in [0.4, 0.5) is 0 Å². The van der Waals surface area contributed by atoms with Crippen LogP contribution >= 0.6 is 12.2 Å². The van der Waals surface area contributed by atoms with Gasteiger partial charge in [-0.2, -0.15) is 5.26 Å². The fourth-order valence-corrected chi connectivity index (χ4v) is 2.37. The number of hydrogen-bond donors (Lipinski definition) is 1. The maximum Gasteiger partial charge on any atom is 0.121 e. The third-order valence-corrected chi connectivity index (χ3v) is 3.38. The molecule has 0 fully saturated rings. The highest BCUT2D eigenvalue weighted by molar-refractivity contribution is 7.71. The average molecular weight is 218 g/mol. The molecular weight excluding hydrogens is 204 g/mol. The van der Waals surface area contributed by atoms with E-state index in [2.05, 4.69) is 24.9 Å². The molecule has 0 saturated heterocycles. The molecule has 0 spiro atoms. The van der Waals surface area contributed by atoms with Crippen LogP contribution in [0.3, 0.4) is 0 Å². The molecule has 1 heterocycles. The Morgan fingerprint density at radius 2 is 2.27 bits per heavy atom. The molecule has 1 aliphatic rings. The van der Waals surface area contributed by atoms with E-state index in [9.17, 15) is 0 Å². The van der Waals surface area contributed by atoms with Gasteiger partial charge in [-0.15, -0.1) is 0 Å². The summed E-state index contributed by atoms with van der Waals surface area (Å²) in [5.41, 5.74) is 3.42. The van der Waals surface area contributed by atoms with E-state index in [0.717, 1.165) is 12.8 Å². The molecule has 0 radical (unpaired) electrons. The molecule has 15 heavy (non-hydrogen) atoms. The van der Waals surface area contributed by atoms with Crippen molar-refractivity contribution in [3.63, 3.8) is 0 Å². The summed E-state index contributed by atoms with van der Waals surface area (Å²) in [6, 6.07) is 4.09. The minimum Gasteiger partial charge on any atom is -0.349 e. The first-order valence-corrected chi connectivity index (χ1v) is 5.58. The van der Waals surface area contributed by atoms with Crippen LogP contribution in [0.25, 0.3) is 0 Å². The van der Waals surface area contributed by atoms with Gasteiger partial charge in [0, 0.05) is 5.69 Å². The van der Waals surface area contributed by atoms with E-state index in [1.165, 1.54) is 17.7 Å². The van der Waals surface area contributed by atoms with Crippen LogP contribution in [-0.4, -0.2) is 4.98 Å². The third-order valence-electron chi connectivity index (χ3n) is 3.06. The number of pyridine rings is 1. The van der Waals surface area contributed by atoms with Crippen molar-refractivity contribution in [2.75, 3.05) is 0 Å². The maximum atomic E-state index is 8.91. The number of rotatable bonds is 0. The highest BCUT2D eigenvalue weighted by atomic mass is 32.1. The van der Waals surface area contributed by atoms with E-state index < -0.39 is 0 Å². The fourth-order valence-electron chi connectivity index (χ4n) is 2.14. The van der Waals surface area contributed by atoms with Crippen LogP contribution in [0, 0.1) is 21.4 Å². The summed E-state index contributed by atoms with van der Waals surface area (Å²) in [5.74, 6) is 0. The van der Waals surface area contributed by atoms with Crippen LogP contribution in [-0.2, 0) is 12.8 Å². The molecule has 0 aliphatic heterocycles. The lowest BCUT2D eigenvalue weighted by Gasteiger charge is -2.31. The van der Waals surface area contributed by atoms with Crippen molar-refractivity contribution in [2.45, 2.75) is 33.1 Å². The van der Waals surface area contributed by atoms with Crippen molar-refractivity contribution in [1.29, 1.82) is 5.26 Å². The minimum atomic E-state index is 0.344. The third kappa shape index (κ3) is 1.95. The number of fused-ring (bicyclic) bond motifs is 1. The van der Waals surface area contributed by atoms with Gasteiger partial charge in [-0.1, -0.05) is 26.1 Å². The lowest BCUT2D eigenvalue weighted by molar-refractivity contribution is 0.312. The Morgan fingerprint density at radius 1 is 1.53 bits per heavy atom. The van der Waals surface area contributed by atoms with Gasteiger partial charge in [0.15, 0.2) is 0 Å². The summed E-state index contributed by atoms with van der Waals surface area (Å²) in [6.07, 6.45) is 3.25. The first kappa shape index (κ1) is 10.4. The second-order valence-electron chi connectivity index (χ2n) is 4.97. The number of aryl methyl sites for hydroxylation is 1. The molecule has 1 N–H and O–H groups in total. The minimum absolute atomic E-state index is 0.344. The summed E-state index contributed by atoms with van der Waals surface area (Å²) in [7, 11) is 0. The van der Waals surface area contributed by atoms with Crippen LogP contribution in [0.15, 0.2) is 6.07 Å². The van der Waals surface area contributed by atoms with Crippen LogP contribution in [0.5, 0.6) is 0 Å². The molecule has 3 heteroatoms. The largest absolute Gasteiger partial charge is 0.349 e. The van der Waals surface area contributed by atoms with Gasteiger partial charge in [0.1, 0.15) is 10.7 Å². The Hall–Kier alpha value is -1.14. The van der Waals surface area contributed by atoms with E-state index in [-0.39, 0.29) is 0 Å². The molecule has 0 bridgehead atoms. The standard InChI is InChI=1S/C12H14N2S/c1-12(2)4-3-10-8(6-12)5-9(7-13)11(15)14-10/h5H,3-4,6H2,1-2H3,(H,14,15). The number of nitrogens with one attached hydrogen (secondary N) is 1. The summed E-state index contributed by atoms with van der Waals surface area (Å²) >= 11 is 5.12. The van der Waals surface area contributed by atoms with Crippen molar-refractivity contribution < 1.29 is 0 Å². The zero-order valence-electron chi connectivity index (χ0n) is 9.05. The highest BCUT2D eigenvalue weighted by Crippen LogP contribution is 2.34. The van der Waals surface area contributed by atoms with Gasteiger partial charge >= 0.3 is 0 Å². The lowest BCUT2D eigenvalue weighted by atomic mass is 9.76. The molecule has 1 aliphatic carbocycles. The summed E-state index contributed by atoms with van der Waals surface area (Å²) in [5, 5.41) is 8.91. The number of aromatic nitrogens is 1. The van der Waals surface area contributed by atoms with Crippen LogP contribution in [0.1, 0.15) is 37.1 Å². The average Bonchev–Trinajstić information content (AvgIpc) is 2.17. The van der Waals surface area contributed by atoms with Crippen molar-refractivity contribution in [2.24, 2.45) is 5.41 Å². The molecule has 0 aromatic carbocycles. The van der Waals surface area contributed by atoms with E-state index >= 15 is 0 Å². The van der Waals surface area contributed by atoms with Gasteiger partial charge < -0.3 is 4.98 Å². The van der Waals surface area contributed by atoms with Crippen LogP contribution in [0.2, 0.25) is 0 Å². The Morgan fingerprint density at radius 3 is 2.93 bits per heavy atom. The van der Waals surface area contributed by atoms with Crippen LogP contribution < -0.4 is 0 Å². The van der Waals surface area contributed by atoms with Crippen molar-refractivity contribution in [3.8, 4) is 6.07 Å². The Labute approximate surface area is 95.0 Å². The van der Waals surface area contributed by atoms with Gasteiger partial charge in [0.05, 0.1) is 5.56 Å². The second kappa shape index (κ2) is 3.46. The fraction of sp³-hybridized carbons (Fsp3) is 0.500. The number of nitrogens with zero attached hydrogens (tertiary/aromatic N) is 1. The van der Waals surface area contributed by atoms with E-state index in [4.69, 9.17) is 17.5 Å². The number of H-pyrrole nitrogens is 1. The SMILES string of the molecule is CC1(C)CCc2[nH]c(=S)c(C#N)cc2C1. The zero-order chi connectivity index (χ0) is 11.1. The van der Waals surface area contributed by atoms with Gasteiger partial charge in [-0.3, -0.25) is 0 Å². The van der Waals surface area contributed by atoms with Crippen molar-refractivity contribution in [3.05, 3.63) is 27.5 Å². The Kier molecular flexibility index (Phi) is 2.40. The molecule has 0 amide bonds. The van der Waals surface area contributed by atoms with E-state index in [1.807, 2.05) is 6.07 Å². The molecular formula is C12H14N2S. The zero-order valence-corrected chi connectivity index (χ0v) is 9.87. The van der Waals surface area contributed by atoms with Crippen molar-refractivity contribution >= 4 is 12.2 Å². The molecule has 0 unspecified atom stereocenters. The molecule has 1 aromatic heterocycles. The van der Waals surface area contributed by atoms with Gasteiger partial charge in [-0.25, -0.2) is 0 Å². The first-order valence-electron chi connectivity index (χ1n) is 5.17. The summed E-state index contributed by atoms with van der Waals surface area (Å²) in [6.45, 7) is 4.53. The predicted molar refractivity (Wildman–Crippen MR) is 62.1 cm³/mol. The molecule has 2 nitrogen and oxygen atoms in total. The number of hydrogen-bond acceptors (Lipinski definition) is 2. The highest BCUT2D eigenvalue weighted by Gasteiger charge is 2.25. The van der Waals surface area contributed by atoms with Crippen molar-refractivity contribution in [1.82, 2.24) is 4.98 Å². The normalized spacial score (nSPS) is 17.9. The molecule has 0 atom stereocenters. The molecule has 0 saturated carbocycles. The smallest absolute Gasteiger partial charge is 0.121 e. The Bertz CT molecular complexity index is 491. The number of aromatic amines is 1. The van der Waals surface area contributed by atoms with Gasteiger partial charge in [0.25, 0.3) is 0 Å². The molecule has 2 rings (SSSR count). The summed E-state index contributed by atoms with van der Waals surface area (Å²) in [4.78, 5) is 3.18.